The highest BCUT2D eigenvalue weighted by molar-refractivity contribution is 9.39. The average Bonchev–Trinajstić information content (AvgIpc) is 2.45. The second-order valence-corrected chi connectivity index (χ2v) is 20.6. The molecular weight excluding hydrogens is 762 g/mol. The zero-order valence-corrected chi connectivity index (χ0v) is 23.1. The highest BCUT2D eigenvalue weighted by Gasteiger charge is 2.27. The van der Waals surface area contributed by atoms with E-state index >= 15 is 0 Å². The van der Waals surface area contributed by atoms with Crippen molar-refractivity contribution in [1.29, 1.82) is 0 Å². The van der Waals surface area contributed by atoms with Gasteiger partial charge in [-0.05, 0) is 35.4 Å². The van der Waals surface area contributed by atoms with E-state index in [2.05, 4.69) is 95.6 Å². The predicted molar refractivity (Wildman–Crippen MR) is 125 cm³/mol. The van der Waals surface area contributed by atoms with E-state index in [-0.39, 0.29) is 0 Å². The Labute approximate surface area is 200 Å². The lowest BCUT2D eigenvalue weighted by Gasteiger charge is -2.17. The lowest BCUT2D eigenvalue weighted by molar-refractivity contribution is 0.406. The Morgan fingerprint density at radius 2 is 0.960 bits per heavy atom. The monoisotopic (exact) mass is 763 g/mol. The molecular formula is C14H8Br6ClO3P. The molecule has 2 aromatic carbocycles. The Hall–Kier alpha value is 1.44. The van der Waals surface area contributed by atoms with Gasteiger partial charge in [0.05, 0.1) is 0 Å². The molecule has 0 bridgehead atoms. The third kappa shape index (κ3) is 7.41. The van der Waals surface area contributed by atoms with Crippen LogP contribution in [-0.4, -0.2) is 0 Å². The maximum absolute atomic E-state index is 12.4. The Morgan fingerprint density at radius 3 is 1.20 bits per heavy atom. The third-order valence-corrected chi connectivity index (χ3v) is 6.81. The number of alkyl halides is 6. The van der Waals surface area contributed by atoms with E-state index < -0.39 is 11.2 Å². The van der Waals surface area contributed by atoms with Crippen LogP contribution in [0.1, 0.15) is 11.1 Å². The molecule has 0 unspecified atom stereocenters. The molecule has 0 saturated carbocycles. The molecule has 0 aliphatic heterocycles. The smallest absolute Gasteiger partial charge is 0.405 e. The van der Waals surface area contributed by atoms with Gasteiger partial charge in [0.15, 0.2) is 4.29 Å². The van der Waals surface area contributed by atoms with Crippen molar-refractivity contribution in [3.63, 3.8) is 0 Å². The largest absolute Gasteiger partial charge is 0.530 e. The molecule has 0 aromatic heterocycles. The molecule has 0 radical (unpaired) electrons. The first kappa shape index (κ1) is 22.7. The Morgan fingerprint density at radius 1 is 0.680 bits per heavy atom. The van der Waals surface area contributed by atoms with Gasteiger partial charge in [0.25, 0.3) is 0 Å². The molecule has 11 heteroatoms. The summed E-state index contributed by atoms with van der Waals surface area (Å²) < 4.78 is 21.9. The fourth-order valence-corrected chi connectivity index (χ4v) is 4.53. The van der Waals surface area contributed by atoms with E-state index in [0.29, 0.717) is 11.5 Å². The molecule has 25 heavy (non-hydrogen) atoms. The summed E-state index contributed by atoms with van der Waals surface area (Å²) in [7, 11) is 0. The van der Waals surface area contributed by atoms with Gasteiger partial charge in [-0.1, -0.05) is 120 Å². The zero-order valence-electron chi connectivity index (χ0n) is 11.9. The summed E-state index contributed by atoms with van der Waals surface area (Å²) in [5.74, 6) is 0.659. The van der Waals surface area contributed by atoms with Gasteiger partial charge in [-0.2, -0.15) is 0 Å². The number of rotatable bonds is 4. The molecule has 0 heterocycles. The minimum Gasteiger partial charge on any atom is -0.405 e. The minimum atomic E-state index is -3.85. The maximum atomic E-state index is 12.4. The van der Waals surface area contributed by atoms with Crippen molar-refractivity contribution in [2.24, 2.45) is 0 Å². The van der Waals surface area contributed by atoms with Crippen molar-refractivity contribution in [2.75, 3.05) is 0 Å². The highest BCUT2D eigenvalue weighted by atomic mass is 80.0. The lowest BCUT2D eigenvalue weighted by Crippen LogP contribution is -1.99. The van der Waals surface area contributed by atoms with Crippen molar-refractivity contribution in [2.45, 2.75) is 4.29 Å². The Kier molecular flexibility index (Phi) is 8.04. The summed E-state index contributed by atoms with van der Waals surface area (Å²) in [6.45, 7) is -3.85. The molecule has 0 spiro atoms. The number of hydrogen-bond donors (Lipinski definition) is 0. The fourth-order valence-electron chi connectivity index (χ4n) is 1.68. The van der Waals surface area contributed by atoms with E-state index in [0.717, 1.165) is 11.1 Å². The van der Waals surface area contributed by atoms with Gasteiger partial charge in [-0.25, -0.2) is 4.57 Å². The second kappa shape index (κ2) is 8.85. The van der Waals surface area contributed by atoms with Crippen LogP contribution in [-0.2, 0) is 8.85 Å². The molecule has 0 aliphatic carbocycles. The van der Waals surface area contributed by atoms with Crippen molar-refractivity contribution in [3.05, 3.63) is 59.7 Å². The molecule has 2 rings (SSSR count). The predicted octanol–water partition coefficient (Wildman–Crippen LogP) is 9.08. The maximum Gasteiger partial charge on any atom is 0.530 e. The molecule has 136 valence electrons. The summed E-state index contributed by atoms with van der Waals surface area (Å²) in [6, 6.07) is 13.7. The Bertz CT molecular complexity index is 708. The first-order valence-corrected chi connectivity index (χ1v) is 13.6. The number of halogens is 7. The van der Waals surface area contributed by atoms with Crippen LogP contribution in [0.4, 0.5) is 0 Å². The highest BCUT2D eigenvalue weighted by Crippen LogP contribution is 2.54. The van der Waals surface area contributed by atoms with Gasteiger partial charge in [0.1, 0.15) is 11.5 Å². The molecule has 0 amide bonds. The topological polar surface area (TPSA) is 35.5 Å². The van der Waals surface area contributed by atoms with Gasteiger partial charge >= 0.3 is 6.95 Å². The molecule has 0 N–H and O–H groups in total. The number of benzene rings is 2. The van der Waals surface area contributed by atoms with Crippen LogP contribution in [0.5, 0.6) is 11.5 Å². The van der Waals surface area contributed by atoms with Crippen LogP contribution < -0.4 is 9.05 Å². The first-order valence-electron chi connectivity index (χ1n) is 6.40. The SMILES string of the molecule is O=P(Cl)(Oc1ccc(C(Br)(Br)Br)cc1)Oc1ccc(C(Br)(Br)Br)cc1. The van der Waals surface area contributed by atoms with Crippen molar-refractivity contribution < 1.29 is 13.6 Å². The third-order valence-electron chi connectivity index (χ3n) is 2.79. The van der Waals surface area contributed by atoms with Gasteiger partial charge in [0, 0.05) is 11.2 Å². The van der Waals surface area contributed by atoms with Crippen LogP contribution in [0.25, 0.3) is 0 Å². The van der Waals surface area contributed by atoms with Gasteiger partial charge < -0.3 is 9.05 Å². The van der Waals surface area contributed by atoms with E-state index in [1.807, 2.05) is 0 Å². The van der Waals surface area contributed by atoms with Gasteiger partial charge in [-0.3, -0.25) is 0 Å². The molecule has 3 nitrogen and oxygen atoms in total. The molecule has 0 aliphatic rings. The Balaban J connectivity index is 2.08. The summed E-state index contributed by atoms with van der Waals surface area (Å²) in [5, 5.41) is 0. The standard InChI is InChI=1S/C14H8Br6ClO3P/c15-13(16,17)9-1-5-11(6-2-9)23-25(21,22)24-12-7-3-10(4-8-12)14(18,19)20/h1-8H. The van der Waals surface area contributed by atoms with Crippen LogP contribution >= 0.6 is 114 Å². The second-order valence-electron chi connectivity index (χ2n) is 4.66. The normalized spacial score (nSPS) is 12.8. The molecule has 0 atom stereocenters. The van der Waals surface area contributed by atoms with E-state index in [1.54, 1.807) is 48.5 Å². The van der Waals surface area contributed by atoms with Crippen molar-refractivity contribution in [3.8, 4) is 11.5 Å². The van der Waals surface area contributed by atoms with Crippen LogP contribution in [0.15, 0.2) is 48.5 Å². The summed E-state index contributed by atoms with van der Waals surface area (Å²) >= 11 is 26.4. The van der Waals surface area contributed by atoms with E-state index in [1.165, 1.54) is 0 Å². The molecule has 0 saturated heterocycles. The van der Waals surface area contributed by atoms with Crippen molar-refractivity contribution in [1.82, 2.24) is 0 Å². The molecule has 2 aromatic rings. The summed E-state index contributed by atoms with van der Waals surface area (Å²) in [4.78, 5) is 0. The number of hydrogen-bond acceptors (Lipinski definition) is 3. The average molecular weight is 770 g/mol. The zero-order chi connectivity index (χ0) is 18.9. The van der Waals surface area contributed by atoms with Crippen molar-refractivity contribution >= 4 is 114 Å². The summed E-state index contributed by atoms with van der Waals surface area (Å²) in [6.07, 6.45) is 0. The van der Waals surface area contributed by atoms with Crippen LogP contribution in [0.2, 0.25) is 0 Å². The van der Waals surface area contributed by atoms with Gasteiger partial charge in [0.2, 0.25) is 0 Å². The fraction of sp³-hybridized carbons (Fsp3) is 0.143. The lowest BCUT2D eigenvalue weighted by atomic mass is 10.2. The minimum absolute atomic E-state index is 0.329. The summed E-state index contributed by atoms with van der Waals surface area (Å²) in [5.41, 5.74) is 1.78. The van der Waals surface area contributed by atoms with E-state index in [9.17, 15) is 4.57 Å². The van der Waals surface area contributed by atoms with Crippen LogP contribution in [0, 0.1) is 0 Å². The molecule has 0 fully saturated rings. The quantitative estimate of drug-likeness (QED) is 0.230. The van der Waals surface area contributed by atoms with E-state index in [4.69, 9.17) is 20.3 Å². The van der Waals surface area contributed by atoms with Crippen LogP contribution in [0.3, 0.4) is 0 Å². The van der Waals surface area contributed by atoms with Gasteiger partial charge in [-0.15, -0.1) is 0 Å². The first-order chi connectivity index (χ1) is 11.4.